The largest absolute Gasteiger partial charge is 0.491 e. The molecule has 134 valence electrons. The minimum absolute atomic E-state index is 0.0284. The highest BCUT2D eigenvalue weighted by molar-refractivity contribution is 5.80. The topological polar surface area (TPSA) is 59.6 Å². The van der Waals surface area contributed by atoms with Crippen LogP contribution in [0.1, 0.15) is 11.1 Å². The molecule has 0 atom stereocenters. The molecule has 0 fully saturated rings. The van der Waals surface area contributed by atoms with E-state index in [0.717, 1.165) is 17.9 Å². The number of aryl methyl sites for hydroxylation is 1. The predicted octanol–water partition coefficient (Wildman–Crippen LogP) is 2.79. The van der Waals surface area contributed by atoms with Gasteiger partial charge in [0.15, 0.2) is 0 Å². The van der Waals surface area contributed by atoms with Gasteiger partial charge in [0, 0.05) is 25.4 Å². The van der Waals surface area contributed by atoms with Crippen molar-refractivity contribution < 1.29 is 14.3 Å². The second-order valence-corrected chi connectivity index (χ2v) is 5.75. The average molecular weight is 342 g/mol. The second kappa shape index (κ2) is 10.4. The van der Waals surface area contributed by atoms with Crippen molar-refractivity contribution in [2.24, 2.45) is 0 Å². The monoisotopic (exact) mass is 342 g/mol. The third-order valence-corrected chi connectivity index (χ3v) is 3.82. The molecule has 0 saturated carbocycles. The minimum atomic E-state index is -0.0284. The lowest BCUT2D eigenvalue weighted by Gasteiger charge is -2.10. The zero-order chi connectivity index (χ0) is 17.9. The number of benzene rings is 2. The summed E-state index contributed by atoms with van der Waals surface area (Å²) in [5.41, 5.74) is 3.36. The molecule has 0 bridgehead atoms. The van der Waals surface area contributed by atoms with Crippen LogP contribution >= 0.6 is 0 Å². The van der Waals surface area contributed by atoms with Crippen LogP contribution in [0.2, 0.25) is 0 Å². The SMILES string of the molecule is COCCOc1cccc(NCC(=O)NCCc2ccccc2C)c1. The van der Waals surface area contributed by atoms with Gasteiger partial charge in [0.1, 0.15) is 12.4 Å². The summed E-state index contributed by atoms with van der Waals surface area (Å²) in [6.07, 6.45) is 0.835. The van der Waals surface area contributed by atoms with E-state index in [1.165, 1.54) is 11.1 Å². The Labute approximate surface area is 149 Å². The van der Waals surface area contributed by atoms with Gasteiger partial charge in [0.2, 0.25) is 5.91 Å². The van der Waals surface area contributed by atoms with Crippen LogP contribution in [0.25, 0.3) is 0 Å². The van der Waals surface area contributed by atoms with Gasteiger partial charge in [0.25, 0.3) is 0 Å². The van der Waals surface area contributed by atoms with Gasteiger partial charge < -0.3 is 20.1 Å². The van der Waals surface area contributed by atoms with E-state index in [2.05, 4.69) is 29.7 Å². The van der Waals surface area contributed by atoms with E-state index in [1.807, 2.05) is 36.4 Å². The van der Waals surface area contributed by atoms with Gasteiger partial charge in [-0.3, -0.25) is 4.79 Å². The van der Waals surface area contributed by atoms with Gasteiger partial charge in [0.05, 0.1) is 13.2 Å². The first-order valence-corrected chi connectivity index (χ1v) is 8.46. The van der Waals surface area contributed by atoms with Gasteiger partial charge in [-0.05, 0) is 36.6 Å². The standard InChI is InChI=1S/C20H26N2O3/c1-16-6-3-4-7-17(16)10-11-21-20(23)15-22-18-8-5-9-19(14-18)25-13-12-24-2/h3-9,14,22H,10-13,15H2,1-2H3,(H,21,23). The molecule has 0 saturated heterocycles. The van der Waals surface area contributed by atoms with Crippen LogP contribution in [0.4, 0.5) is 5.69 Å². The number of nitrogens with one attached hydrogen (secondary N) is 2. The second-order valence-electron chi connectivity index (χ2n) is 5.75. The number of carbonyl (C=O) groups is 1. The zero-order valence-electron chi connectivity index (χ0n) is 14.9. The first-order valence-electron chi connectivity index (χ1n) is 8.46. The van der Waals surface area contributed by atoms with Crippen LogP contribution in [0.3, 0.4) is 0 Å². The maximum Gasteiger partial charge on any atom is 0.239 e. The molecule has 25 heavy (non-hydrogen) atoms. The molecule has 2 N–H and O–H groups in total. The third kappa shape index (κ3) is 6.85. The molecule has 0 aliphatic rings. The fourth-order valence-electron chi connectivity index (χ4n) is 2.41. The highest BCUT2D eigenvalue weighted by Crippen LogP contribution is 2.17. The number of methoxy groups -OCH3 is 1. The molecule has 0 unspecified atom stereocenters. The van der Waals surface area contributed by atoms with Gasteiger partial charge in [-0.1, -0.05) is 30.3 Å². The van der Waals surface area contributed by atoms with Gasteiger partial charge in [-0.25, -0.2) is 0 Å². The Morgan fingerprint density at radius 2 is 1.92 bits per heavy atom. The summed E-state index contributed by atoms with van der Waals surface area (Å²) >= 11 is 0. The predicted molar refractivity (Wildman–Crippen MR) is 100 cm³/mol. The van der Waals surface area contributed by atoms with Crippen LogP contribution in [0.5, 0.6) is 5.75 Å². The molecule has 0 aromatic heterocycles. The highest BCUT2D eigenvalue weighted by Gasteiger charge is 2.03. The Balaban J connectivity index is 1.71. The summed E-state index contributed by atoms with van der Waals surface area (Å²) < 4.78 is 10.5. The Kier molecular flexibility index (Phi) is 7.79. The molecule has 0 heterocycles. The molecule has 0 aliphatic carbocycles. The summed E-state index contributed by atoms with van der Waals surface area (Å²) in [5.74, 6) is 0.723. The number of amides is 1. The number of rotatable bonds is 10. The van der Waals surface area contributed by atoms with E-state index in [-0.39, 0.29) is 12.5 Å². The number of anilines is 1. The molecule has 5 heteroatoms. The van der Waals surface area contributed by atoms with Crippen molar-refractivity contribution >= 4 is 11.6 Å². The smallest absolute Gasteiger partial charge is 0.239 e. The van der Waals surface area contributed by atoms with Crippen molar-refractivity contribution in [1.29, 1.82) is 0 Å². The van der Waals surface area contributed by atoms with E-state index < -0.39 is 0 Å². The quantitative estimate of drug-likeness (QED) is 0.652. The van der Waals surface area contributed by atoms with E-state index in [9.17, 15) is 4.79 Å². The molecular formula is C20H26N2O3. The third-order valence-electron chi connectivity index (χ3n) is 3.82. The normalized spacial score (nSPS) is 10.3. The Hall–Kier alpha value is -2.53. The van der Waals surface area contributed by atoms with Crippen molar-refractivity contribution in [2.75, 3.05) is 38.7 Å². The maximum atomic E-state index is 12.0. The molecule has 2 rings (SSSR count). The van der Waals surface area contributed by atoms with E-state index in [4.69, 9.17) is 9.47 Å². The van der Waals surface area contributed by atoms with Crippen molar-refractivity contribution in [3.63, 3.8) is 0 Å². The summed E-state index contributed by atoms with van der Waals surface area (Å²) in [6.45, 7) is 3.99. The van der Waals surface area contributed by atoms with Crippen molar-refractivity contribution in [1.82, 2.24) is 5.32 Å². The molecule has 5 nitrogen and oxygen atoms in total. The Morgan fingerprint density at radius 3 is 2.72 bits per heavy atom. The van der Waals surface area contributed by atoms with E-state index in [1.54, 1.807) is 7.11 Å². The van der Waals surface area contributed by atoms with Crippen molar-refractivity contribution in [3.05, 3.63) is 59.7 Å². The van der Waals surface area contributed by atoms with Crippen molar-refractivity contribution in [2.45, 2.75) is 13.3 Å². The number of ether oxygens (including phenoxy) is 2. The summed E-state index contributed by atoms with van der Waals surface area (Å²) in [5, 5.41) is 6.05. The summed E-state index contributed by atoms with van der Waals surface area (Å²) in [7, 11) is 1.64. The van der Waals surface area contributed by atoms with Crippen LogP contribution in [0, 0.1) is 6.92 Å². The number of hydrogen-bond acceptors (Lipinski definition) is 4. The lowest BCUT2D eigenvalue weighted by Crippen LogP contribution is -2.31. The van der Waals surface area contributed by atoms with E-state index in [0.29, 0.717) is 19.8 Å². The maximum absolute atomic E-state index is 12.0. The van der Waals surface area contributed by atoms with Crippen LogP contribution in [-0.2, 0) is 16.0 Å². The fourth-order valence-corrected chi connectivity index (χ4v) is 2.41. The van der Waals surface area contributed by atoms with Gasteiger partial charge >= 0.3 is 0 Å². The molecule has 0 aliphatic heterocycles. The zero-order valence-corrected chi connectivity index (χ0v) is 14.9. The molecular weight excluding hydrogens is 316 g/mol. The Bertz CT molecular complexity index is 673. The lowest BCUT2D eigenvalue weighted by atomic mass is 10.1. The first-order chi connectivity index (χ1) is 12.2. The van der Waals surface area contributed by atoms with E-state index >= 15 is 0 Å². The summed E-state index contributed by atoms with van der Waals surface area (Å²) in [6, 6.07) is 15.8. The van der Waals surface area contributed by atoms with Crippen LogP contribution < -0.4 is 15.4 Å². The van der Waals surface area contributed by atoms with Crippen LogP contribution in [-0.4, -0.2) is 39.3 Å². The van der Waals surface area contributed by atoms with Gasteiger partial charge in [-0.15, -0.1) is 0 Å². The van der Waals surface area contributed by atoms with Crippen LogP contribution in [0.15, 0.2) is 48.5 Å². The van der Waals surface area contributed by atoms with Gasteiger partial charge in [-0.2, -0.15) is 0 Å². The Morgan fingerprint density at radius 1 is 1.08 bits per heavy atom. The minimum Gasteiger partial charge on any atom is -0.491 e. The molecule has 0 radical (unpaired) electrons. The number of hydrogen-bond donors (Lipinski definition) is 2. The summed E-state index contributed by atoms with van der Waals surface area (Å²) in [4.78, 5) is 12.0. The average Bonchev–Trinajstić information content (AvgIpc) is 2.62. The lowest BCUT2D eigenvalue weighted by molar-refractivity contribution is -0.119. The van der Waals surface area contributed by atoms with Crippen molar-refractivity contribution in [3.8, 4) is 5.75 Å². The molecule has 2 aromatic carbocycles. The molecule has 2 aromatic rings. The molecule has 0 spiro atoms. The molecule has 1 amide bonds. The first kappa shape index (κ1) is 18.8. The highest BCUT2D eigenvalue weighted by atomic mass is 16.5. The fraction of sp³-hybridized carbons (Fsp3) is 0.350. The number of carbonyl (C=O) groups excluding carboxylic acids is 1.